The monoisotopic (exact) mass is 210 g/mol. The minimum absolute atomic E-state index is 0.442. The largest absolute Gasteiger partial charge is 0.394 e. The predicted octanol–water partition coefficient (Wildman–Crippen LogP) is 2.17. The van der Waals surface area contributed by atoms with Gasteiger partial charge in [-0.05, 0) is 19.8 Å². The normalized spacial score (nSPS) is 12.8. The summed E-state index contributed by atoms with van der Waals surface area (Å²) in [6, 6.07) is 0.442. The molecule has 0 radical (unpaired) electrons. The van der Waals surface area contributed by atoms with Crippen molar-refractivity contribution in [2.24, 2.45) is 7.05 Å². The molecule has 1 aromatic rings. The molecule has 1 heterocycles. The number of nitrogens with one attached hydrogen (secondary N) is 1. The van der Waals surface area contributed by atoms with E-state index in [1.165, 1.54) is 6.42 Å². The molecule has 0 amide bonds. The molecule has 0 aliphatic rings. The summed E-state index contributed by atoms with van der Waals surface area (Å²) in [5.41, 5.74) is 7.78. The highest BCUT2D eigenvalue weighted by Gasteiger charge is 2.13. The van der Waals surface area contributed by atoms with E-state index in [4.69, 9.17) is 5.73 Å². The molecule has 0 aliphatic carbocycles. The van der Waals surface area contributed by atoms with Gasteiger partial charge in [0.15, 0.2) is 0 Å². The Bertz CT molecular complexity index is 317. The Morgan fingerprint density at radius 1 is 1.47 bits per heavy atom. The molecule has 0 saturated carbocycles. The van der Waals surface area contributed by atoms with E-state index >= 15 is 0 Å². The van der Waals surface area contributed by atoms with E-state index in [0.717, 1.165) is 30.0 Å². The third-order valence-electron chi connectivity index (χ3n) is 2.60. The topological polar surface area (TPSA) is 55.9 Å². The zero-order valence-corrected chi connectivity index (χ0v) is 10.2. The molecule has 86 valence electrons. The number of aromatic nitrogens is 2. The zero-order valence-electron chi connectivity index (χ0n) is 10.2. The highest BCUT2D eigenvalue weighted by Crippen LogP contribution is 2.23. The van der Waals surface area contributed by atoms with Gasteiger partial charge in [-0.1, -0.05) is 20.3 Å². The molecule has 0 bridgehead atoms. The highest BCUT2D eigenvalue weighted by atomic mass is 15.3. The minimum atomic E-state index is 0.442. The second-order valence-corrected chi connectivity index (χ2v) is 4.02. The van der Waals surface area contributed by atoms with Crippen molar-refractivity contribution in [3.05, 3.63) is 5.69 Å². The number of hydrogen-bond acceptors (Lipinski definition) is 3. The first-order chi connectivity index (χ1) is 7.10. The molecule has 1 rings (SSSR count). The van der Waals surface area contributed by atoms with Gasteiger partial charge in [0.05, 0.1) is 11.4 Å². The summed E-state index contributed by atoms with van der Waals surface area (Å²) in [7, 11) is 1.93. The van der Waals surface area contributed by atoms with Crippen LogP contribution in [-0.2, 0) is 13.5 Å². The fourth-order valence-electron chi connectivity index (χ4n) is 1.77. The van der Waals surface area contributed by atoms with Crippen LogP contribution in [0, 0.1) is 0 Å². The van der Waals surface area contributed by atoms with Crippen LogP contribution in [0.15, 0.2) is 0 Å². The van der Waals surface area contributed by atoms with E-state index in [0.29, 0.717) is 6.04 Å². The van der Waals surface area contributed by atoms with Gasteiger partial charge in [-0.15, -0.1) is 0 Å². The van der Waals surface area contributed by atoms with Crippen LogP contribution in [0.1, 0.15) is 39.3 Å². The standard InChI is InChI=1S/C11H22N4/c1-5-7-8(3)13-11-10(12)9(6-2)14-15(11)4/h8,13H,5-7,12H2,1-4H3. The summed E-state index contributed by atoms with van der Waals surface area (Å²) in [6.07, 6.45) is 3.20. The van der Waals surface area contributed by atoms with Gasteiger partial charge in [0, 0.05) is 13.1 Å². The van der Waals surface area contributed by atoms with Crippen molar-refractivity contribution in [2.75, 3.05) is 11.1 Å². The maximum absolute atomic E-state index is 6.01. The van der Waals surface area contributed by atoms with E-state index in [1.807, 2.05) is 11.7 Å². The van der Waals surface area contributed by atoms with Crippen molar-refractivity contribution >= 4 is 11.5 Å². The first kappa shape index (κ1) is 11.9. The third kappa shape index (κ3) is 2.64. The summed E-state index contributed by atoms with van der Waals surface area (Å²) < 4.78 is 1.83. The Morgan fingerprint density at radius 2 is 2.13 bits per heavy atom. The van der Waals surface area contributed by atoms with Crippen LogP contribution in [0.2, 0.25) is 0 Å². The van der Waals surface area contributed by atoms with Crippen molar-refractivity contribution in [3.63, 3.8) is 0 Å². The van der Waals surface area contributed by atoms with Crippen molar-refractivity contribution in [3.8, 4) is 0 Å². The Labute approximate surface area is 91.8 Å². The molecule has 4 heteroatoms. The second-order valence-electron chi connectivity index (χ2n) is 4.02. The van der Waals surface area contributed by atoms with Gasteiger partial charge >= 0.3 is 0 Å². The molecule has 1 atom stereocenters. The van der Waals surface area contributed by atoms with Crippen molar-refractivity contribution < 1.29 is 0 Å². The molecular weight excluding hydrogens is 188 g/mol. The lowest BCUT2D eigenvalue weighted by atomic mass is 10.2. The number of hydrogen-bond donors (Lipinski definition) is 2. The van der Waals surface area contributed by atoms with Crippen molar-refractivity contribution in [2.45, 2.75) is 46.1 Å². The van der Waals surface area contributed by atoms with Gasteiger partial charge in [0.2, 0.25) is 0 Å². The maximum Gasteiger partial charge on any atom is 0.147 e. The number of nitrogens with two attached hydrogens (primary N) is 1. The molecule has 3 N–H and O–H groups in total. The highest BCUT2D eigenvalue weighted by molar-refractivity contribution is 5.65. The van der Waals surface area contributed by atoms with E-state index in [2.05, 4.69) is 31.2 Å². The lowest BCUT2D eigenvalue weighted by molar-refractivity contribution is 0.670. The molecule has 0 aromatic carbocycles. The first-order valence-electron chi connectivity index (χ1n) is 5.68. The predicted molar refractivity (Wildman–Crippen MR) is 65.0 cm³/mol. The second kappa shape index (κ2) is 5.05. The molecule has 1 aromatic heterocycles. The Hall–Kier alpha value is -1.19. The van der Waals surface area contributed by atoms with Crippen LogP contribution >= 0.6 is 0 Å². The van der Waals surface area contributed by atoms with Gasteiger partial charge in [0.1, 0.15) is 5.82 Å². The van der Waals surface area contributed by atoms with Crippen LogP contribution in [0.25, 0.3) is 0 Å². The fourth-order valence-corrected chi connectivity index (χ4v) is 1.77. The van der Waals surface area contributed by atoms with E-state index < -0.39 is 0 Å². The Morgan fingerprint density at radius 3 is 2.60 bits per heavy atom. The molecule has 0 fully saturated rings. The molecule has 0 spiro atoms. The Kier molecular flexibility index (Phi) is 4.00. The van der Waals surface area contributed by atoms with Crippen molar-refractivity contribution in [1.82, 2.24) is 9.78 Å². The van der Waals surface area contributed by atoms with Crippen LogP contribution in [0.4, 0.5) is 11.5 Å². The van der Waals surface area contributed by atoms with Gasteiger partial charge in [-0.2, -0.15) is 5.10 Å². The van der Waals surface area contributed by atoms with E-state index in [-0.39, 0.29) is 0 Å². The van der Waals surface area contributed by atoms with Crippen molar-refractivity contribution in [1.29, 1.82) is 0 Å². The lowest BCUT2D eigenvalue weighted by Crippen LogP contribution is -2.17. The van der Waals surface area contributed by atoms with E-state index in [9.17, 15) is 0 Å². The average Bonchev–Trinajstić information content (AvgIpc) is 2.45. The summed E-state index contributed by atoms with van der Waals surface area (Å²) in [6.45, 7) is 6.42. The third-order valence-corrected chi connectivity index (χ3v) is 2.60. The molecule has 15 heavy (non-hydrogen) atoms. The molecule has 1 unspecified atom stereocenters. The summed E-state index contributed by atoms with van der Waals surface area (Å²) >= 11 is 0. The summed E-state index contributed by atoms with van der Waals surface area (Å²) in [4.78, 5) is 0. The SMILES string of the molecule is CCCC(C)Nc1c(N)c(CC)nn1C. The molecule has 0 aliphatic heterocycles. The Balaban J connectivity index is 2.80. The fraction of sp³-hybridized carbons (Fsp3) is 0.727. The van der Waals surface area contributed by atoms with Gasteiger partial charge in [0.25, 0.3) is 0 Å². The maximum atomic E-state index is 6.01. The minimum Gasteiger partial charge on any atom is -0.394 e. The summed E-state index contributed by atoms with van der Waals surface area (Å²) in [5, 5.41) is 7.78. The first-order valence-corrected chi connectivity index (χ1v) is 5.68. The quantitative estimate of drug-likeness (QED) is 0.783. The van der Waals surface area contributed by atoms with Gasteiger partial charge < -0.3 is 11.1 Å². The van der Waals surface area contributed by atoms with Crippen LogP contribution in [-0.4, -0.2) is 15.8 Å². The van der Waals surface area contributed by atoms with Crippen LogP contribution in [0.5, 0.6) is 0 Å². The van der Waals surface area contributed by atoms with Gasteiger partial charge in [-0.3, -0.25) is 4.68 Å². The van der Waals surface area contributed by atoms with Crippen LogP contribution in [0.3, 0.4) is 0 Å². The summed E-state index contributed by atoms with van der Waals surface area (Å²) in [5.74, 6) is 0.952. The lowest BCUT2D eigenvalue weighted by Gasteiger charge is -2.14. The van der Waals surface area contributed by atoms with E-state index in [1.54, 1.807) is 0 Å². The number of aryl methyl sites for hydroxylation is 2. The number of rotatable bonds is 5. The molecule has 4 nitrogen and oxygen atoms in total. The molecule has 0 saturated heterocycles. The van der Waals surface area contributed by atoms with Gasteiger partial charge in [-0.25, -0.2) is 0 Å². The van der Waals surface area contributed by atoms with Crippen LogP contribution < -0.4 is 11.1 Å². The average molecular weight is 210 g/mol. The molecular formula is C11H22N4. The smallest absolute Gasteiger partial charge is 0.147 e. The number of nitrogen functional groups attached to an aromatic ring is 1. The number of nitrogens with zero attached hydrogens (tertiary/aromatic N) is 2. The zero-order chi connectivity index (χ0) is 11.4. The number of anilines is 2.